The Bertz CT molecular complexity index is 354. The van der Waals surface area contributed by atoms with Gasteiger partial charge in [-0.05, 0) is 50.3 Å². The second kappa shape index (κ2) is 7.54. The van der Waals surface area contributed by atoms with Crippen LogP contribution in [-0.4, -0.2) is 12.6 Å². The van der Waals surface area contributed by atoms with Crippen molar-refractivity contribution in [2.45, 2.75) is 58.5 Å². The van der Waals surface area contributed by atoms with E-state index in [0.29, 0.717) is 6.04 Å². The molecule has 0 aliphatic heterocycles. The van der Waals surface area contributed by atoms with E-state index >= 15 is 0 Å². The minimum absolute atomic E-state index is 0.631. The quantitative estimate of drug-likeness (QED) is 0.831. The van der Waals surface area contributed by atoms with E-state index in [1.54, 1.807) is 0 Å². The molecule has 1 N–H and O–H groups in total. The second-order valence-corrected chi connectivity index (χ2v) is 5.64. The molecule has 1 aliphatic rings. The van der Waals surface area contributed by atoms with E-state index in [4.69, 9.17) is 4.74 Å². The zero-order valence-electron chi connectivity index (χ0n) is 12.3. The van der Waals surface area contributed by atoms with Crippen LogP contribution in [0, 0.1) is 5.92 Å². The van der Waals surface area contributed by atoms with E-state index in [2.05, 4.69) is 36.5 Å². The molecule has 0 bridgehead atoms. The smallest absolute Gasteiger partial charge is 0.119 e. The van der Waals surface area contributed by atoms with Crippen molar-refractivity contribution >= 4 is 0 Å². The van der Waals surface area contributed by atoms with Crippen molar-refractivity contribution in [1.29, 1.82) is 0 Å². The first kappa shape index (κ1) is 14.4. The molecule has 19 heavy (non-hydrogen) atoms. The van der Waals surface area contributed by atoms with Crippen LogP contribution in [0.4, 0.5) is 0 Å². The summed E-state index contributed by atoms with van der Waals surface area (Å²) < 4.78 is 5.46. The Labute approximate surface area is 117 Å². The van der Waals surface area contributed by atoms with Gasteiger partial charge in [0.15, 0.2) is 0 Å². The summed E-state index contributed by atoms with van der Waals surface area (Å²) in [6.07, 6.45) is 7.07. The summed E-state index contributed by atoms with van der Waals surface area (Å²) in [6.45, 7) is 6.05. The highest BCUT2D eigenvalue weighted by atomic mass is 16.5. The molecule has 1 saturated carbocycles. The van der Waals surface area contributed by atoms with Crippen LogP contribution in [0.1, 0.15) is 51.5 Å². The van der Waals surface area contributed by atoms with Gasteiger partial charge in [0, 0.05) is 12.6 Å². The van der Waals surface area contributed by atoms with Crippen molar-refractivity contribution in [2.24, 2.45) is 5.92 Å². The van der Waals surface area contributed by atoms with Crippen molar-refractivity contribution in [3.8, 4) is 5.75 Å². The Hall–Kier alpha value is -1.02. The molecule has 0 radical (unpaired) electrons. The summed E-state index contributed by atoms with van der Waals surface area (Å²) in [5.41, 5.74) is 1.34. The molecule has 2 nitrogen and oxygen atoms in total. The summed E-state index contributed by atoms with van der Waals surface area (Å²) in [7, 11) is 0. The van der Waals surface area contributed by atoms with E-state index in [0.717, 1.165) is 24.8 Å². The highest BCUT2D eigenvalue weighted by Crippen LogP contribution is 2.26. The average Bonchev–Trinajstić information content (AvgIpc) is 2.47. The molecular formula is C17H27NO. The van der Waals surface area contributed by atoms with Gasteiger partial charge in [-0.2, -0.15) is 0 Å². The highest BCUT2D eigenvalue weighted by molar-refractivity contribution is 5.27. The molecule has 0 aromatic heterocycles. The zero-order valence-corrected chi connectivity index (χ0v) is 12.3. The largest absolute Gasteiger partial charge is 0.494 e. The number of hydrogen-bond donors (Lipinski definition) is 1. The lowest BCUT2D eigenvalue weighted by Gasteiger charge is -2.28. The predicted octanol–water partition coefficient (Wildman–Crippen LogP) is 4.14. The maximum Gasteiger partial charge on any atom is 0.119 e. The standard InChI is InChI=1S/C17H27NO/c1-3-19-17-11-9-15(10-12-17)13-18-14(2)16-7-5-4-6-8-16/h9-12,14,16,18H,3-8,13H2,1-2H3. The fourth-order valence-electron chi connectivity index (χ4n) is 2.95. The molecule has 1 fully saturated rings. The summed E-state index contributed by atoms with van der Waals surface area (Å²) in [6, 6.07) is 9.07. The van der Waals surface area contributed by atoms with Gasteiger partial charge in [-0.1, -0.05) is 31.4 Å². The lowest BCUT2D eigenvalue weighted by Crippen LogP contribution is -2.34. The Morgan fingerprint density at radius 1 is 1.16 bits per heavy atom. The van der Waals surface area contributed by atoms with Crippen molar-refractivity contribution in [3.05, 3.63) is 29.8 Å². The van der Waals surface area contributed by atoms with Gasteiger partial charge < -0.3 is 10.1 Å². The monoisotopic (exact) mass is 261 g/mol. The van der Waals surface area contributed by atoms with Crippen molar-refractivity contribution in [1.82, 2.24) is 5.32 Å². The predicted molar refractivity (Wildman–Crippen MR) is 80.5 cm³/mol. The summed E-state index contributed by atoms with van der Waals surface area (Å²) in [4.78, 5) is 0. The first-order chi connectivity index (χ1) is 9.29. The van der Waals surface area contributed by atoms with Gasteiger partial charge in [-0.25, -0.2) is 0 Å². The van der Waals surface area contributed by atoms with E-state index < -0.39 is 0 Å². The number of nitrogens with one attached hydrogen (secondary N) is 1. The minimum atomic E-state index is 0.631. The molecule has 0 saturated heterocycles. The van der Waals surface area contributed by atoms with E-state index in [1.807, 2.05) is 6.92 Å². The first-order valence-electron chi connectivity index (χ1n) is 7.74. The summed E-state index contributed by atoms with van der Waals surface area (Å²) >= 11 is 0. The maximum absolute atomic E-state index is 5.46. The Morgan fingerprint density at radius 2 is 1.84 bits per heavy atom. The number of rotatable bonds is 6. The molecule has 1 unspecified atom stereocenters. The molecular weight excluding hydrogens is 234 g/mol. The third-order valence-corrected chi connectivity index (χ3v) is 4.22. The van der Waals surface area contributed by atoms with Gasteiger partial charge in [-0.15, -0.1) is 0 Å². The normalized spacial score (nSPS) is 18.2. The number of hydrogen-bond acceptors (Lipinski definition) is 2. The van der Waals surface area contributed by atoms with Crippen molar-refractivity contribution in [2.75, 3.05) is 6.61 Å². The number of ether oxygens (including phenoxy) is 1. The molecule has 0 heterocycles. The van der Waals surface area contributed by atoms with Gasteiger partial charge in [0.1, 0.15) is 5.75 Å². The zero-order chi connectivity index (χ0) is 13.5. The van der Waals surface area contributed by atoms with Crippen molar-refractivity contribution < 1.29 is 4.74 Å². The second-order valence-electron chi connectivity index (χ2n) is 5.64. The van der Waals surface area contributed by atoms with Gasteiger partial charge in [0.2, 0.25) is 0 Å². The molecule has 2 heteroatoms. The average molecular weight is 261 g/mol. The van der Waals surface area contributed by atoms with Crippen LogP contribution in [0.15, 0.2) is 24.3 Å². The Balaban J connectivity index is 1.77. The van der Waals surface area contributed by atoms with E-state index in [9.17, 15) is 0 Å². The lowest BCUT2D eigenvalue weighted by atomic mass is 9.84. The van der Waals surface area contributed by atoms with Gasteiger partial charge >= 0.3 is 0 Å². The number of benzene rings is 1. The van der Waals surface area contributed by atoms with Crippen LogP contribution in [0.3, 0.4) is 0 Å². The summed E-state index contributed by atoms with van der Waals surface area (Å²) in [5.74, 6) is 1.84. The maximum atomic E-state index is 5.46. The molecule has 0 amide bonds. The molecule has 106 valence electrons. The molecule has 2 rings (SSSR count). The molecule has 1 aliphatic carbocycles. The Morgan fingerprint density at radius 3 is 2.47 bits per heavy atom. The lowest BCUT2D eigenvalue weighted by molar-refractivity contribution is 0.280. The van der Waals surface area contributed by atoms with E-state index in [1.165, 1.54) is 37.7 Å². The van der Waals surface area contributed by atoms with Crippen LogP contribution >= 0.6 is 0 Å². The summed E-state index contributed by atoms with van der Waals surface area (Å²) in [5, 5.41) is 3.68. The van der Waals surface area contributed by atoms with Gasteiger partial charge in [-0.3, -0.25) is 0 Å². The fraction of sp³-hybridized carbons (Fsp3) is 0.647. The topological polar surface area (TPSA) is 21.3 Å². The van der Waals surface area contributed by atoms with E-state index in [-0.39, 0.29) is 0 Å². The molecule has 1 aromatic rings. The van der Waals surface area contributed by atoms with Gasteiger partial charge in [0.25, 0.3) is 0 Å². The Kier molecular flexibility index (Phi) is 5.71. The minimum Gasteiger partial charge on any atom is -0.494 e. The van der Waals surface area contributed by atoms with Crippen LogP contribution in [0.2, 0.25) is 0 Å². The van der Waals surface area contributed by atoms with Crippen LogP contribution in [-0.2, 0) is 6.54 Å². The van der Waals surface area contributed by atoms with Crippen LogP contribution in [0.5, 0.6) is 5.75 Å². The van der Waals surface area contributed by atoms with Crippen LogP contribution < -0.4 is 10.1 Å². The van der Waals surface area contributed by atoms with Crippen LogP contribution in [0.25, 0.3) is 0 Å². The molecule has 0 spiro atoms. The molecule has 1 atom stereocenters. The third kappa shape index (κ3) is 4.54. The fourth-order valence-corrected chi connectivity index (χ4v) is 2.95. The van der Waals surface area contributed by atoms with Gasteiger partial charge in [0.05, 0.1) is 6.61 Å². The molecule has 1 aromatic carbocycles. The first-order valence-corrected chi connectivity index (χ1v) is 7.74. The SMILES string of the molecule is CCOc1ccc(CNC(C)C2CCCCC2)cc1. The highest BCUT2D eigenvalue weighted by Gasteiger charge is 2.19. The third-order valence-electron chi connectivity index (χ3n) is 4.22. The van der Waals surface area contributed by atoms with Crippen molar-refractivity contribution in [3.63, 3.8) is 0 Å².